The summed E-state index contributed by atoms with van der Waals surface area (Å²) in [6.07, 6.45) is 6.93. The number of benzene rings is 1. The second kappa shape index (κ2) is 10.3. The molecule has 1 aliphatic heterocycles. The van der Waals surface area contributed by atoms with Crippen molar-refractivity contribution in [2.45, 2.75) is 51.6 Å². The van der Waals surface area contributed by atoms with E-state index in [0.29, 0.717) is 0 Å². The highest BCUT2D eigenvalue weighted by Gasteiger charge is 2.25. The molecule has 0 bridgehead atoms. The van der Waals surface area contributed by atoms with Crippen LogP contribution in [0.4, 0.5) is 0 Å². The zero-order valence-electron chi connectivity index (χ0n) is 15.6. The normalized spacial score (nSPS) is 19.0. The SMILES string of the molecule is CCc1ccc(CN2CCN(C3CCCC3)CC2)cc1.O=C(O)C(=O)O. The molecule has 1 saturated heterocycles. The first kappa shape index (κ1) is 20.4. The Labute approximate surface area is 155 Å². The van der Waals surface area contributed by atoms with Gasteiger partial charge in [0.25, 0.3) is 0 Å². The summed E-state index contributed by atoms with van der Waals surface area (Å²) in [5.74, 6) is -3.65. The van der Waals surface area contributed by atoms with Gasteiger partial charge in [-0.3, -0.25) is 9.80 Å². The number of aliphatic carboxylic acids is 2. The van der Waals surface area contributed by atoms with Gasteiger partial charge in [-0.15, -0.1) is 0 Å². The smallest absolute Gasteiger partial charge is 0.414 e. The molecule has 2 aliphatic rings. The molecular formula is C20H30N2O4. The summed E-state index contributed by atoms with van der Waals surface area (Å²) in [5, 5.41) is 14.8. The molecule has 26 heavy (non-hydrogen) atoms. The molecule has 0 aromatic heterocycles. The van der Waals surface area contributed by atoms with Crippen LogP contribution in [0.2, 0.25) is 0 Å². The van der Waals surface area contributed by atoms with Crippen LogP contribution in [0.5, 0.6) is 0 Å². The Balaban J connectivity index is 0.000000352. The summed E-state index contributed by atoms with van der Waals surface area (Å²) in [7, 11) is 0. The van der Waals surface area contributed by atoms with Crippen LogP contribution in [-0.2, 0) is 22.6 Å². The number of carboxylic acids is 2. The van der Waals surface area contributed by atoms with Crippen LogP contribution in [0.25, 0.3) is 0 Å². The summed E-state index contributed by atoms with van der Waals surface area (Å²) >= 11 is 0. The highest BCUT2D eigenvalue weighted by atomic mass is 16.4. The van der Waals surface area contributed by atoms with Gasteiger partial charge in [0.1, 0.15) is 0 Å². The summed E-state index contributed by atoms with van der Waals surface area (Å²) in [6, 6.07) is 10.1. The first-order valence-electron chi connectivity index (χ1n) is 9.50. The minimum Gasteiger partial charge on any atom is -0.473 e. The van der Waals surface area contributed by atoms with Crippen molar-refractivity contribution >= 4 is 11.9 Å². The standard InChI is InChI=1S/C18H28N2.C2H2O4/c1-2-16-7-9-17(10-8-16)15-19-11-13-20(14-12-19)18-5-3-4-6-18;3-1(4)2(5)6/h7-10,18H,2-6,11-15H2,1H3;(H,3,4)(H,5,6). The van der Waals surface area contributed by atoms with Gasteiger partial charge in [0, 0.05) is 38.8 Å². The molecule has 2 N–H and O–H groups in total. The van der Waals surface area contributed by atoms with Gasteiger partial charge in [0.05, 0.1) is 0 Å². The van der Waals surface area contributed by atoms with Crippen molar-refractivity contribution < 1.29 is 19.8 Å². The second-order valence-corrected chi connectivity index (χ2v) is 7.03. The van der Waals surface area contributed by atoms with Gasteiger partial charge in [-0.2, -0.15) is 0 Å². The van der Waals surface area contributed by atoms with Crippen molar-refractivity contribution in [2.24, 2.45) is 0 Å². The zero-order chi connectivity index (χ0) is 18.9. The third-order valence-corrected chi connectivity index (χ3v) is 5.27. The van der Waals surface area contributed by atoms with E-state index in [0.717, 1.165) is 19.0 Å². The van der Waals surface area contributed by atoms with Crippen LogP contribution < -0.4 is 0 Å². The first-order valence-corrected chi connectivity index (χ1v) is 9.50. The Morgan fingerprint density at radius 2 is 1.42 bits per heavy atom. The van der Waals surface area contributed by atoms with E-state index in [1.165, 1.54) is 63.0 Å². The van der Waals surface area contributed by atoms with Gasteiger partial charge >= 0.3 is 11.9 Å². The average Bonchev–Trinajstić information content (AvgIpc) is 3.18. The van der Waals surface area contributed by atoms with E-state index < -0.39 is 11.9 Å². The molecule has 6 heteroatoms. The number of carboxylic acid groups (broad SMARTS) is 2. The fourth-order valence-corrected chi connectivity index (χ4v) is 3.69. The van der Waals surface area contributed by atoms with Crippen molar-refractivity contribution in [2.75, 3.05) is 26.2 Å². The molecule has 0 radical (unpaired) electrons. The van der Waals surface area contributed by atoms with Crippen LogP contribution in [0.3, 0.4) is 0 Å². The fraction of sp³-hybridized carbons (Fsp3) is 0.600. The Hall–Kier alpha value is -1.92. The lowest BCUT2D eigenvalue weighted by Crippen LogP contribution is -2.49. The number of hydrogen-bond acceptors (Lipinski definition) is 4. The number of nitrogens with zero attached hydrogens (tertiary/aromatic N) is 2. The number of rotatable bonds is 4. The molecule has 2 fully saturated rings. The molecule has 1 saturated carbocycles. The Morgan fingerprint density at radius 3 is 1.88 bits per heavy atom. The van der Waals surface area contributed by atoms with Crippen molar-refractivity contribution in [3.8, 4) is 0 Å². The monoisotopic (exact) mass is 362 g/mol. The van der Waals surface area contributed by atoms with E-state index >= 15 is 0 Å². The van der Waals surface area contributed by atoms with Gasteiger partial charge < -0.3 is 10.2 Å². The maximum absolute atomic E-state index is 9.10. The van der Waals surface area contributed by atoms with Crippen LogP contribution in [0.1, 0.15) is 43.7 Å². The summed E-state index contributed by atoms with van der Waals surface area (Å²) in [4.78, 5) is 23.6. The van der Waals surface area contributed by atoms with Crippen molar-refractivity contribution in [1.82, 2.24) is 9.80 Å². The lowest BCUT2D eigenvalue weighted by Gasteiger charge is -2.38. The summed E-state index contributed by atoms with van der Waals surface area (Å²) in [5.41, 5.74) is 2.91. The molecule has 0 spiro atoms. The topological polar surface area (TPSA) is 81.1 Å². The predicted octanol–water partition coefficient (Wildman–Crippen LogP) is 2.46. The molecule has 0 unspecified atom stereocenters. The third kappa shape index (κ3) is 6.42. The molecule has 1 aromatic rings. The minimum absolute atomic E-state index is 0.904. The van der Waals surface area contributed by atoms with E-state index in [2.05, 4.69) is 41.0 Å². The van der Waals surface area contributed by atoms with E-state index in [4.69, 9.17) is 19.8 Å². The molecule has 144 valence electrons. The first-order chi connectivity index (χ1) is 12.5. The highest BCUT2D eigenvalue weighted by molar-refractivity contribution is 6.27. The number of aryl methyl sites for hydroxylation is 1. The third-order valence-electron chi connectivity index (χ3n) is 5.27. The van der Waals surface area contributed by atoms with E-state index in [-0.39, 0.29) is 0 Å². The molecular weight excluding hydrogens is 332 g/mol. The van der Waals surface area contributed by atoms with Crippen molar-refractivity contribution in [3.05, 3.63) is 35.4 Å². The lowest BCUT2D eigenvalue weighted by atomic mass is 10.1. The largest absolute Gasteiger partial charge is 0.473 e. The van der Waals surface area contributed by atoms with Crippen molar-refractivity contribution in [3.63, 3.8) is 0 Å². The summed E-state index contributed by atoms with van der Waals surface area (Å²) < 4.78 is 0. The molecule has 3 rings (SSSR count). The molecule has 0 amide bonds. The quantitative estimate of drug-likeness (QED) is 0.801. The summed E-state index contributed by atoms with van der Waals surface area (Å²) in [6.45, 7) is 8.38. The number of carbonyl (C=O) groups is 2. The Bertz CT molecular complexity index is 562. The number of piperazine rings is 1. The molecule has 0 atom stereocenters. The molecule has 1 aromatic carbocycles. The fourth-order valence-electron chi connectivity index (χ4n) is 3.69. The molecule has 6 nitrogen and oxygen atoms in total. The maximum atomic E-state index is 9.10. The molecule has 1 heterocycles. The van der Waals surface area contributed by atoms with E-state index in [9.17, 15) is 0 Å². The van der Waals surface area contributed by atoms with Gasteiger partial charge in [-0.25, -0.2) is 9.59 Å². The van der Waals surface area contributed by atoms with Gasteiger partial charge in [-0.1, -0.05) is 44.0 Å². The van der Waals surface area contributed by atoms with Crippen LogP contribution >= 0.6 is 0 Å². The second-order valence-electron chi connectivity index (χ2n) is 7.03. The Kier molecular flexibility index (Phi) is 8.06. The van der Waals surface area contributed by atoms with Crippen LogP contribution in [0.15, 0.2) is 24.3 Å². The Morgan fingerprint density at radius 1 is 0.923 bits per heavy atom. The van der Waals surface area contributed by atoms with Crippen LogP contribution in [-0.4, -0.2) is 64.2 Å². The van der Waals surface area contributed by atoms with Gasteiger partial charge in [0.15, 0.2) is 0 Å². The molecule has 1 aliphatic carbocycles. The maximum Gasteiger partial charge on any atom is 0.414 e. The van der Waals surface area contributed by atoms with Gasteiger partial charge in [0.2, 0.25) is 0 Å². The van der Waals surface area contributed by atoms with E-state index in [1.54, 1.807) is 0 Å². The minimum atomic E-state index is -1.82. The zero-order valence-corrected chi connectivity index (χ0v) is 15.6. The average molecular weight is 362 g/mol. The van der Waals surface area contributed by atoms with Gasteiger partial charge in [-0.05, 0) is 30.4 Å². The van der Waals surface area contributed by atoms with Crippen LogP contribution in [0, 0.1) is 0 Å². The highest BCUT2D eigenvalue weighted by Crippen LogP contribution is 2.24. The van der Waals surface area contributed by atoms with E-state index in [1.807, 2.05) is 0 Å². The number of hydrogen-bond donors (Lipinski definition) is 2. The predicted molar refractivity (Wildman–Crippen MR) is 100 cm³/mol. The van der Waals surface area contributed by atoms with Crippen molar-refractivity contribution in [1.29, 1.82) is 0 Å². The lowest BCUT2D eigenvalue weighted by molar-refractivity contribution is -0.159.